The van der Waals surface area contributed by atoms with Crippen molar-refractivity contribution < 1.29 is 4.74 Å². The molecule has 16 heavy (non-hydrogen) atoms. The molecule has 1 heterocycles. The van der Waals surface area contributed by atoms with Gasteiger partial charge in [-0.1, -0.05) is 5.57 Å². The number of hydrogen-bond acceptors (Lipinski definition) is 5. The second-order valence-electron chi connectivity index (χ2n) is 3.54. The maximum Gasteiger partial charge on any atom is 0.225 e. The molecule has 1 aromatic rings. The number of nitrogen functional groups attached to an aromatic ring is 1. The van der Waals surface area contributed by atoms with Gasteiger partial charge in [-0.3, -0.25) is 0 Å². The minimum Gasteiger partial charge on any atom is -0.477 e. The van der Waals surface area contributed by atoms with Crippen LogP contribution in [0.1, 0.15) is 20.3 Å². The van der Waals surface area contributed by atoms with Crippen molar-refractivity contribution in [2.75, 3.05) is 24.2 Å². The summed E-state index contributed by atoms with van der Waals surface area (Å²) in [6.45, 7) is 9.08. The molecule has 0 aliphatic rings. The van der Waals surface area contributed by atoms with E-state index in [1.165, 1.54) is 0 Å². The zero-order valence-electron chi connectivity index (χ0n) is 9.79. The number of nitrogens with two attached hydrogens (primary N) is 1. The molecule has 1 rings (SSSR count). The smallest absolute Gasteiger partial charge is 0.225 e. The van der Waals surface area contributed by atoms with Gasteiger partial charge in [0.2, 0.25) is 11.8 Å². The van der Waals surface area contributed by atoms with Crippen molar-refractivity contribution in [3.63, 3.8) is 0 Å². The van der Waals surface area contributed by atoms with Gasteiger partial charge in [0.25, 0.3) is 0 Å². The summed E-state index contributed by atoms with van der Waals surface area (Å²) in [5, 5.41) is 3.06. The van der Waals surface area contributed by atoms with Gasteiger partial charge in [0.1, 0.15) is 5.82 Å². The van der Waals surface area contributed by atoms with E-state index in [0.717, 1.165) is 18.5 Å². The summed E-state index contributed by atoms with van der Waals surface area (Å²) in [4.78, 5) is 8.01. The van der Waals surface area contributed by atoms with E-state index in [0.29, 0.717) is 18.3 Å². The highest BCUT2D eigenvalue weighted by atomic mass is 16.5. The van der Waals surface area contributed by atoms with Crippen LogP contribution in [-0.4, -0.2) is 23.1 Å². The fourth-order valence-corrected chi connectivity index (χ4v) is 1.12. The Morgan fingerprint density at radius 3 is 2.94 bits per heavy atom. The molecule has 5 nitrogen and oxygen atoms in total. The highest BCUT2D eigenvalue weighted by molar-refractivity contribution is 5.42. The first-order valence-electron chi connectivity index (χ1n) is 5.27. The third-order valence-corrected chi connectivity index (χ3v) is 1.86. The molecule has 0 aliphatic heterocycles. The van der Waals surface area contributed by atoms with Crippen LogP contribution in [0.3, 0.4) is 0 Å². The molecule has 0 saturated carbocycles. The van der Waals surface area contributed by atoms with E-state index >= 15 is 0 Å². The maximum atomic E-state index is 5.56. The molecule has 0 aliphatic carbocycles. The van der Waals surface area contributed by atoms with Crippen LogP contribution in [0, 0.1) is 0 Å². The van der Waals surface area contributed by atoms with Crippen molar-refractivity contribution in [1.29, 1.82) is 0 Å². The van der Waals surface area contributed by atoms with Gasteiger partial charge in [-0.25, -0.2) is 0 Å². The number of nitrogens with zero attached hydrogens (tertiary/aromatic N) is 2. The van der Waals surface area contributed by atoms with Gasteiger partial charge in [0.15, 0.2) is 0 Å². The van der Waals surface area contributed by atoms with Crippen LogP contribution in [0.25, 0.3) is 0 Å². The third-order valence-electron chi connectivity index (χ3n) is 1.86. The van der Waals surface area contributed by atoms with Crippen molar-refractivity contribution in [2.45, 2.75) is 20.3 Å². The van der Waals surface area contributed by atoms with Crippen LogP contribution in [0.2, 0.25) is 0 Å². The monoisotopic (exact) mass is 222 g/mol. The van der Waals surface area contributed by atoms with Crippen LogP contribution in [-0.2, 0) is 0 Å². The SMILES string of the molecule is C=C(C)CCOc1cc(NCC)nc(N)n1. The summed E-state index contributed by atoms with van der Waals surface area (Å²) in [5.41, 5.74) is 6.64. The minimum absolute atomic E-state index is 0.212. The largest absolute Gasteiger partial charge is 0.477 e. The Balaban J connectivity index is 2.61. The summed E-state index contributed by atoms with van der Waals surface area (Å²) in [5.74, 6) is 1.38. The van der Waals surface area contributed by atoms with Crippen molar-refractivity contribution in [2.24, 2.45) is 0 Å². The maximum absolute atomic E-state index is 5.56. The predicted octanol–water partition coefficient (Wildman–Crippen LogP) is 1.84. The lowest BCUT2D eigenvalue weighted by Gasteiger charge is -2.08. The quantitative estimate of drug-likeness (QED) is 0.718. The number of hydrogen-bond donors (Lipinski definition) is 2. The summed E-state index contributed by atoms with van der Waals surface area (Å²) in [6, 6.07) is 1.73. The lowest BCUT2D eigenvalue weighted by atomic mass is 10.3. The van der Waals surface area contributed by atoms with Crippen molar-refractivity contribution >= 4 is 11.8 Å². The van der Waals surface area contributed by atoms with Gasteiger partial charge in [-0.15, -0.1) is 6.58 Å². The van der Waals surface area contributed by atoms with Crippen molar-refractivity contribution in [3.05, 3.63) is 18.2 Å². The van der Waals surface area contributed by atoms with Gasteiger partial charge >= 0.3 is 0 Å². The Kier molecular flexibility index (Phi) is 4.57. The molecule has 0 aromatic carbocycles. The average molecular weight is 222 g/mol. The average Bonchev–Trinajstić information content (AvgIpc) is 2.16. The second-order valence-corrected chi connectivity index (χ2v) is 3.54. The number of rotatable bonds is 6. The van der Waals surface area contributed by atoms with Gasteiger partial charge in [0.05, 0.1) is 6.61 Å². The summed E-state index contributed by atoms with van der Waals surface area (Å²) in [7, 11) is 0. The fraction of sp³-hybridized carbons (Fsp3) is 0.455. The van der Waals surface area contributed by atoms with E-state index in [1.54, 1.807) is 6.07 Å². The van der Waals surface area contributed by atoms with Crippen LogP contribution in [0.15, 0.2) is 18.2 Å². The first-order valence-corrected chi connectivity index (χ1v) is 5.27. The molecular formula is C11H18N4O. The number of anilines is 2. The molecule has 0 saturated heterocycles. The van der Waals surface area contributed by atoms with Crippen LogP contribution < -0.4 is 15.8 Å². The summed E-state index contributed by atoms with van der Waals surface area (Å²) >= 11 is 0. The third kappa shape index (κ3) is 4.16. The summed E-state index contributed by atoms with van der Waals surface area (Å²) in [6.07, 6.45) is 0.806. The molecule has 1 aromatic heterocycles. The lowest BCUT2D eigenvalue weighted by Crippen LogP contribution is -2.06. The fourth-order valence-electron chi connectivity index (χ4n) is 1.12. The zero-order valence-corrected chi connectivity index (χ0v) is 9.79. The minimum atomic E-state index is 0.212. The highest BCUT2D eigenvalue weighted by Crippen LogP contribution is 2.14. The van der Waals surface area contributed by atoms with Crippen molar-refractivity contribution in [3.8, 4) is 5.88 Å². The van der Waals surface area contributed by atoms with Crippen LogP contribution in [0.4, 0.5) is 11.8 Å². The Labute approximate surface area is 95.7 Å². The Hall–Kier alpha value is -1.78. The first-order chi connectivity index (χ1) is 7.61. The normalized spacial score (nSPS) is 9.88. The molecular weight excluding hydrogens is 204 g/mol. The van der Waals surface area contributed by atoms with Gasteiger partial charge in [-0.2, -0.15) is 9.97 Å². The Bertz CT molecular complexity index is 365. The van der Waals surface area contributed by atoms with E-state index in [1.807, 2.05) is 13.8 Å². The predicted molar refractivity (Wildman–Crippen MR) is 65.5 cm³/mol. The molecule has 0 atom stereocenters. The van der Waals surface area contributed by atoms with E-state index in [-0.39, 0.29) is 5.95 Å². The molecule has 0 bridgehead atoms. The number of ether oxygens (including phenoxy) is 1. The van der Waals surface area contributed by atoms with Gasteiger partial charge in [-0.05, 0) is 13.8 Å². The Morgan fingerprint density at radius 2 is 2.31 bits per heavy atom. The second kappa shape index (κ2) is 5.95. The van der Waals surface area contributed by atoms with E-state index in [2.05, 4.69) is 21.9 Å². The molecule has 5 heteroatoms. The van der Waals surface area contributed by atoms with E-state index in [9.17, 15) is 0 Å². The molecule has 0 unspecified atom stereocenters. The number of nitrogens with one attached hydrogen (secondary N) is 1. The summed E-state index contributed by atoms with van der Waals surface area (Å²) < 4.78 is 5.45. The zero-order chi connectivity index (χ0) is 12.0. The first kappa shape index (κ1) is 12.3. The molecule has 0 amide bonds. The molecule has 0 radical (unpaired) electrons. The number of aromatic nitrogens is 2. The van der Waals surface area contributed by atoms with Crippen molar-refractivity contribution in [1.82, 2.24) is 9.97 Å². The van der Waals surface area contributed by atoms with Gasteiger partial charge in [0, 0.05) is 19.0 Å². The molecule has 0 spiro atoms. The van der Waals surface area contributed by atoms with Crippen LogP contribution >= 0.6 is 0 Å². The molecule has 3 N–H and O–H groups in total. The van der Waals surface area contributed by atoms with E-state index < -0.39 is 0 Å². The van der Waals surface area contributed by atoms with Crippen LogP contribution in [0.5, 0.6) is 5.88 Å². The van der Waals surface area contributed by atoms with Gasteiger partial charge < -0.3 is 15.8 Å². The topological polar surface area (TPSA) is 73.1 Å². The highest BCUT2D eigenvalue weighted by Gasteiger charge is 2.02. The molecule has 88 valence electrons. The standard InChI is InChI=1S/C11H18N4O/c1-4-13-9-7-10(15-11(12)14-9)16-6-5-8(2)3/h7H,2,4-6H2,1,3H3,(H3,12,13,14,15). The van der Waals surface area contributed by atoms with E-state index in [4.69, 9.17) is 10.5 Å². The Morgan fingerprint density at radius 1 is 1.56 bits per heavy atom. The lowest BCUT2D eigenvalue weighted by molar-refractivity contribution is 0.309. The molecule has 0 fully saturated rings.